The summed E-state index contributed by atoms with van der Waals surface area (Å²) < 4.78 is 17.5. The third-order valence-corrected chi connectivity index (χ3v) is 12.9. The molecule has 8 unspecified atom stereocenters. The van der Waals surface area contributed by atoms with Crippen LogP contribution >= 0.6 is 0 Å². The van der Waals surface area contributed by atoms with Gasteiger partial charge in [0.25, 0.3) is 0 Å². The Kier molecular flexibility index (Phi) is 43.8. The number of esters is 1. The van der Waals surface area contributed by atoms with Crippen LogP contribution in [-0.2, 0) is 23.8 Å². The Morgan fingerprint density at radius 2 is 1.03 bits per heavy atom. The highest BCUT2D eigenvalue weighted by Gasteiger charge is 2.47. The first-order chi connectivity index (χ1) is 34.2. The van der Waals surface area contributed by atoms with Crippen LogP contribution in [-0.4, -0.2) is 99.6 Å². The van der Waals surface area contributed by atoms with Crippen molar-refractivity contribution in [3.05, 3.63) is 72.9 Å². The zero-order valence-corrected chi connectivity index (χ0v) is 44.4. The van der Waals surface area contributed by atoms with Gasteiger partial charge in [-0.05, 0) is 70.6 Å². The number of ether oxygens (including phenoxy) is 3. The Morgan fingerprint density at radius 3 is 1.57 bits per heavy atom. The molecule has 0 saturated carbocycles. The van der Waals surface area contributed by atoms with Crippen LogP contribution in [0.3, 0.4) is 0 Å². The topological polar surface area (TPSA) is 175 Å². The Hall–Kier alpha value is -2.90. The van der Waals surface area contributed by atoms with Gasteiger partial charge in [0.15, 0.2) is 12.4 Å². The molecule has 0 radical (unpaired) electrons. The van der Waals surface area contributed by atoms with Crippen molar-refractivity contribution < 1.29 is 49.3 Å². The van der Waals surface area contributed by atoms with Crippen LogP contribution in [0.15, 0.2) is 72.9 Å². The summed E-state index contributed by atoms with van der Waals surface area (Å²) in [5.41, 5.74) is 0. The zero-order chi connectivity index (χ0) is 51.1. The van der Waals surface area contributed by atoms with Crippen LogP contribution in [0.25, 0.3) is 0 Å². The van der Waals surface area contributed by atoms with Crippen LogP contribution in [0, 0.1) is 0 Å². The molecular weight excluding hydrogens is 883 g/mol. The number of rotatable bonds is 46. The molecule has 6 N–H and O–H groups in total. The molecule has 0 bridgehead atoms. The number of amides is 1. The van der Waals surface area contributed by atoms with E-state index in [4.69, 9.17) is 14.2 Å². The van der Waals surface area contributed by atoms with Gasteiger partial charge in [0, 0.05) is 6.42 Å². The quantitative estimate of drug-likeness (QED) is 0.0149. The van der Waals surface area contributed by atoms with E-state index in [0.29, 0.717) is 12.8 Å². The van der Waals surface area contributed by atoms with E-state index in [9.17, 15) is 35.1 Å². The summed E-state index contributed by atoms with van der Waals surface area (Å²) >= 11 is 0. The van der Waals surface area contributed by atoms with Gasteiger partial charge in [0.2, 0.25) is 5.91 Å². The minimum atomic E-state index is -1.62. The van der Waals surface area contributed by atoms with Crippen molar-refractivity contribution in [1.29, 1.82) is 0 Å². The molecule has 0 aromatic carbocycles. The first-order valence-electron chi connectivity index (χ1n) is 28.3. The standard InChI is InChI=1S/C59H103NO10/c1-4-7-10-13-16-19-22-25-27-29-32-35-38-41-44-47-54(64)70-57-56(66)55(65)53(48-61)69-59(57)68-49-50(51(62)45-42-39-36-33-30-24-21-18-15-12-9-6-3)60-58(67)52(63)46-43-40-37-34-31-28-26-23-20-17-14-11-8-5-2/h8,11,14,16-17,19-20,22-23,25,42,45,50-53,55-57,59,61-63,65-66H,4-7,9-10,12-13,15,18,21,24,26-41,43-44,46-49H2,1-3H3,(H,60,67)/b11-8+,17-14+,19-16+,23-20+,25-22+,45-42+. The van der Waals surface area contributed by atoms with Crippen molar-refractivity contribution >= 4 is 11.9 Å². The molecule has 1 amide bonds. The summed E-state index contributed by atoms with van der Waals surface area (Å²) in [4.78, 5) is 26.4. The van der Waals surface area contributed by atoms with Crippen molar-refractivity contribution in [2.75, 3.05) is 13.2 Å². The van der Waals surface area contributed by atoms with E-state index >= 15 is 0 Å². The van der Waals surface area contributed by atoms with Gasteiger partial charge in [0.05, 0.1) is 25.4 Å². The number of allylic oxidation sites excluding steroid dienone is 11. The summed E-state index contributed by atoms with van der Waals surface area (Å²) in [6.07, 6.45) is 48.0. The average molecular weight is 986 g/mol. The lowest BCUT2D eigenvalue weighted by atomic mass is 9.99. The number of carbonyl (C=O) groups is 2. The van der Waals surface area contributed by atoms with Crippen LogP contribution in [0.5, 0.6) is 0 Å². The van der Waals surface area contributed by atoms with E-state index in [1.54, 1.807) is 6.08 Å². The SMILES string of the molecule is CC/C=C/C=C/C=C/CCCCCCCCC(O)C(=O)NC(COC1OC(CO)C(O)C(O)C1OC(=O)CCCCCCCC/C=C/C=C/CCCCC)C(O)/C=C/CCCCCCCCCCCC. The predicted molar refractivity (Wildman–Crippen MR) is 287 cm³/mol. The molecule has 1 aliphatic heterocycles. The lowest BCUT2D eigenvalue weighted by molar-refractivity contribution is -0.305. The number of carbonyl (C=O) groups excluding carboxylic acids is 2. The van der Waals surface area contributed by atoms with Crippen LogP contribution in [0.2, 0.25) is 0 Å². The summed E-state index contributed by atoms with van der Waals surface area (Å²) in [7, 11) is 0. The molecule has 404 valence electrons. The fraction of sp³-hybridized carbons (Fsp3) is 0.763. The van der Waals surface area contributed by atoms with E-state index in [2.05, 4.69) is 74.7 Å². The van der Waals surface area contributed by atoms with Gasteiger partial charge in [-0.25, -0.2) is 0 Å². The van der Waals surface area contributed by atoms with Gasteiger partial charge in [-0.1, -0.05) is 222 Å². The van der Waals surface area contributed by atoms with E-state index in [0.717, 1.165) is 109 Å². The van der Waals surface area contributed by atoms with E-state index in [1.807, 2.05) is 18.2 Å². The maximum absolute atomic E-state index is 13.4. The normalized spacial score (nSPS) is 20.3. The lowest BCUT2D eigenvalue weighted by Gasteiger charge is -2.41. The average Bonchev–Trinajstić information content (AvgIpc) is 3.36. The maximum atomic E-state index is 13.4. The molecular formula is C59H103NO10. The lowest BCUT2D eigenvalue weighted by Crippen LogP contribution is -2.61. The second-order valence-electron chi connectivity index (χ2n) is 19.4. The Balaban J connectivity index is 2.76. The van der Waals surface area contributed by atoms with Crippen molar-refractivity contribution in [1.82, 2.24) is 5.32 Å². The summed E-state index contributed by atoms with van der Waals surface area (Å²) in [6.45, 7) is 5.59. The highest BCUT2D eigenvalue weighted by Crippen LogP contribution is 2.26. The number of aliphatic hydroxyl groups excluding tert-OH is 5. The molecule has 0 aromatic rings. The number of nitrogens with one attached hydrogen (secondary N) is 1. The fourth-order valence-corrected chi connectivity index (χ4v) is 8.41. The van der Waals surface area contributed by atoms with Gasteiger partial charge >= 0.3 is 5.97 Å². The molecule has 1 saturated heterocycles. The zero-order valence-electron chi connectivity index (χ0n) is 44.4. The van der Waals surface area contributed by atoms with Crippen LogP contribution in [0.4, 0.5) is 0 Å². The Bertz CT molecular complexity index is 1410. The molecule has 70 heavy (non-hydrogen) atoms. The molecule has 1 rings (SSSR count). The molecule has 0 aliphatic carbocycles. The van der Waals surface area contributed by atoms with Crippen molar-refractivity contribution in [2.45, 2.75) is 275 Å². The van der Waals surface area contributed by atoms with Crippen molar-refractivity contribution in [2.24, 2.45) is 0 Å². The van der Waals surface area contributed by atoms with Gasteiger partial charge < -0.3 is 45.1 Å². The molecule has 8 atom stereocenters. The van der Waals surface area contributed by atoms with Gasteiger partial charge in [0.1, 0.15) is 24.4 Å². The van der Waals surface area contributed by atoms with Gasteiger partial charge in [-0.2, -0.15) is 0 Å². The first kappa shape index (κ1) is 65.1. The van der Waals surface area contributed by atoms with Gasteiger partial charge in [-0.15, -0.1) is 0 Å². The highest BCUT2D eigenvalue weighted by atomic mass is 16.7. The van der Waals surface area contributed by atoms with Crippen molar-refractivity contribution in [3.63, 3.8) is 0 Å². The second kappa shape index (κ2) is 47.1. The molecule has 11 heteroatoms. The number of unbranched alkanes of at least 4 members (excludes halogenated alkanes) is 25. The Morgan fingerprint density at radius 1 is 0.571 bits per heavy atom. The molecule has 11 nitrogen and oxygen atoms in total. The maximum Gasteiger partial charge on any atom is 0.306 e. The smallest absolute Gasteiger partial charge is 0.306 e. The molecule has 0 spiro atoms. The molecule has 1 heterocycles. The summed E-state index contributed by atoms with van der Waals surface area (Å²) in [5, 5.41) is 56.7. The molecule has 0 aromatic heterocycles. The molecule has 1 aliphatic rings. The van der Waals surface area contributed by atoms with E-state index in [1.165, 1.54) is 70.6 Å². The number of hydrogen-bond donors (Lipinski definition) is 6. The monoisotopic (exact) mass is 986 g/mol. The third-order valence-electron chi connectivity index (χ3n) is 12.9. The second-order valence-corrected chi connectivity index (χ2v) is 19.4. The van der Waals surface area contributed by atoms with Crippen LogP contribution in [0.1, 0.15) is 226 Å². The summed E-state index contributed by atoms with van der Waals surface area (Å²) in [5.74, 6) is -1.22. The van der Waals surface area contributed by atoms with Crippen LogP contribution < -0.4 is 5.32 Å². The predicted octanol–water partition coefficient (Wildman–Crippen LogP) is 12.4. The van der Waals surface area contributed by atoms with E-state index in [-0.39, 0.29) is 19.4 Å². The minimum Gasteiger partial charge on any atom is -0.454 e. The fourth-order valence-electron chi connectivity index (χ4n) is 8.41. The Labute approximate surface area is 426 Å². The van der Waals surface area contributed by atoms with E-state index < -0.39 is 67.4 Å². The molecule has 1 fully saturated rings. The third kappa shape index (κ3) is 35.3. The first-order valence-corrected chi connectivity index (χ1v) is 28.3. The largest absolute Gasteiger partial charge is 0.454 e. The minimum absolute atomic E-state index is 0.106. The van der Waals surface area contributed by atoms with Crippen molar-refractivity contribution in [3.8, 4) is 0 Å². The van der Waals surface area contributed by atoms with Gasteiger partial charge in [-0.3, -0.25) is 9.59 Å². The summed E-state index contributed by atoms with van der Waals surface area (Å²) in [6, 6.07) is -1.03. The number of hydrogen-bond acceptors (Lipinski definition) is 10. The number of aliphatic hydroxyl groups is 5. The highest BCUT2D eigenvalue weighted by molar-refractivity contribution is 5.80.